The summed E-state index contributed by atoms with van der Waals surface area (Å²) in [5, 5.41) is 0. The normalized spacial score (nSPS) is 10.6. The molecular formula is C14H16N2O2. The average molecular weight is 244 g/mol. The summed E-state index contributed by atoms with van der Waals surface area (Å²) in [6.45, 7) is 6.21. The fraction of sp³-hybridized carbons (Fsp3) is 0.286. The Morgan fingerprint density at radius 2 is 1.67 bits per heavy atom. The third kappa shape index (κ3) is 2.59. The molecule has 18 heavy (non-hydrogen) atoms. The van der Waals surface area contributed by atoms with Crippen molar-refractivity contribution >= 4 is 0 Å². The second kappa shape index (κ2) is 4.64. The van der Waals surface area contributed by atoms with Gasteiger partial charge in [-0.15, -0.1) is 0 Å². The minimum Gasteiger partial charge on any atom is -0.296 e. The number of hydrogen-bond acceptors (Lipinski definition) is 2. The van der Waals surface area contributed by atoms with Crippen LogP contribution < -0.4 is 11.2 Å². The van der Waals surface area contributed by atoms with Crippen molar-refractivity contribution in [2.45, 2.75) is 27.3 Å². The number of aromatic nitrogens is 2. The van der Waals surface area contributed by atoms with Crippen molar-refractivity contribution in [3.05, 3.63) is 67.5 Å². The van der Waals surface area contributed by atoms with Gasteiger partial charge in [0.05, 0.1) is 6.54 Å². The van der Waals surface area contributed by atoms with Gasteiger partial charge in [-0.2, -0.15) is 0 Å². The smallest absolute Gasteiger partial charge is 0.296 e. The van der Waals surface area contributed by atoms with Crippen molar-refractivity contribution in [1.82, 2.24) is 9.55 Å². The number of hydrogen-bond donors (Lipinski definition) is 1. The van der Waals surface area contributed by atoms with Crippen LogP contribution in [0.3, 0.4) is 0 Å². The molecule has 0 spiro atoms. The first kappa shape index (κ1) is 12.4. The third-order valence-corrected chi connectivity index (χ3v) is 2.82. The molecular weight excluding hydrogens is 228 g/mol. The Hall–Kier alpha value is -2.10. The highest BCUT2D eigenvalue weighted by molar-refractivity contribution is 5.28. The van der Waals surface area contributed by atoms with E-state index in [0.29, 0.717) is 12.1 Å². The molecule has 4 nitrogen and oxygen atoms in total. The van der Waals surface area contributed by atoms with E-state index in [4.69, 9.17) is 0 Å². The lowest BCUT2D eigenvalue weighted by atomic mass is 10.1. The van der Waals surface area contributed by atoms with Gasteiger partial charge in [0.2, 0.25) is 0 Å². The molecule has 1 aromatic heterocycles. The molecule has 0 aliphatic rings. The van der Waals surface area contributed by atoms with Gasteiger partial charge in [-0.25, -0.2) is 4.79 Å². The predicted molar refractivity (Wildman–Crippen MR) is 71.1 cm³/mol. The fourth-order valence-electron chi connectivity index (χ4n) is 2.09. The second-order valence-electron chi connectivity index (χ2n) is 4.70. The van der Waals surface area contributed by atoms with E-state index in [1.165, 1.54) is 15.7 Å². The zero-order chi connectivity index (χ0) is 13.3. The van der Waals surface area contributed by atoms with Crippen LogP contribution in [0.4, 0.5) is 0 Å². The minimum atomic E-state index is -0.371. The molecule has 0 radical (unpaired) electrons. The summed E-state index contributed by atoms with van der Waals surface area (Å²) in [6, 6.07) is 6.17. The number of aromatic amines is 1. The third-order valence-electron chi connectivity index (χ3n) is 2.82. The van der Waals surface area contributed by atoms with Gasteiger partial charge < -0.3 is 0 Å². The lowest BCUT2D eigenvalue weighted by Gasteiger charge is -2.08. The Kier molecular flexibility index (Phi) is 3.19. The highest BCUT2D eigenvalue weighted by Crippen LogP contribution is 2.09. The van der Waals surface area contributed by atoms with Gasteiger partial charge in [0, 0.05) is 11.8 Å². The lowest BCUT2D eigenvalue weighted by Crippen LogP contribution is -2.31. The molecule has 1 aromatic carbocycles. The summed E-state index contributed by atoms with van der Waals surface area (Å²) < 4.78 is 1.52. The molecule has 0 aliphatic carbocycles. The lowest BCUT2D eigenvalue weighted by molar-refractivity contribution is 0.713. The number of aryl methyl sites for hydroxylation is 3. The van der Waals surface area contributed by atoms with Crippen LogP contribution in [0.15, 0.2) is 34.0 Å². The van der Waals surface area contributed by atoms with Crippen molar-refractivity contribution in [3.8, 4) is 0 Å². The van der Waals surface area contributed by atoms with Crippen LogP contribution >= 0.6 is 0 Å². The highest BCUT2D eigenvalue weighted by Gasteiger charge is 2.02. The van der Waals surface area contributed by atoms with E-state index in [9.17, 15) is 9.59 Å². The average Bonchev–Trinajstić information content (AvgIpc) is 2.24. The molecule has 0 fully saturated rings. The number of benzene rings is 1. The molecule has 1 N–H and O–H groups in total. The molecule has 0 unspecified atom stereocenters. The summed E-state index contributed by atoms with van der Waals surface area (Å²) in [5.74, 6) is 0. The number of H-pyrrole nitrogens is 1. The molecule has 0 saturated heterocycles. The Morgan fingerprint density at radius 1 is 1.06 bits per heavy atom. The quantitative estimate of drug-likeness (QED) is 0.870. The predicted octanol–water partition coefficient (Wildman–Crippen LogP) is 1.51. The van der Waals surface area contributed by atoms with Gasteiger partial charge >= 0.3 is 5.69 Å². The van der Waals surface area contributed by atoms with Crippen LogP contribution in [0.5, 0.6) is 0 Å². The minimum absolute atomic E-state index is 0.323. The maximum Gasteiger partial charge on any atom is 0.328 e. The van der Waals surface area contributed by atoms with Crippen LogP contribution in [-0.4, -0.2) is 9.55 Å². The first-order valence-corrected chi connectivity index (χ1v) is 5.83. The number of nitrogens with zero attached hydrogens (tertiary/aromatic N) is 1. The van der Waals surface area contributed by atoms with E-state index in [2.05, 4.69) is 11.1 Å². The Bertz CT molecular complexity index is 675. The Morgan fingerprint density at radius 3 is 2.28 bits per heavy atom. The summed E-state index contributed by atoms with van der Waals surface area (Å²) in [6.07, 6.45) is 1.60. The van der Waals surface area contributed by atoms with Crippen LogP contribution in [-0.2, 0) is 6.54 Å². The van der Waals surface area contributed by atoms with Gasteiger partial charge in [-0.3, -0.25) is 14.3 Å². The largest absolute Gasteiger partial charge is 0.328 e. The van der Waals surface area contributed by atoms with E-state index in [-0.39, 0.29) is 11.2 Å². The van der Waals surface area contributed by atoms with Gasteiger partial charge in [0.25, 0.3) is 5.56 Å². The van der Waals surface area contributed by atoms with Gasteiger partial charge in [-0.05, 0) is 26.3 Å². The molecule has 0 atom stereocenters. The topological polar surface area (TPSA) is 54.9 Å². The van der Waals surface area contributed by atoms with Crippen molar-refractivity contribution in [1.29, 1.82) is 0 Å². The fourth-order valence-corrected chi connectivity index (χ4v) is 2.09. The van der Waals surface area contributed by atoms with Crippen LogP contribution in [0.2, 0.25) is 0 Å². The molecule has 1 heterocycles. The summed E-state index contributed by atoms with van der Waals surface area (Å²) in [7, 11) is 0. The van der Waals surface area contributed by atoms with Gasteiger partial charge in [0.15, 0.2) is 0 Å². The summed E-state index contributed by atoms with van der Waals surface area (Å²) >= 11 is 0. The Balaban J connectivity index is 2.43. The molecule has 0 amide bonds. The Labute approximate surface area is 105 Å². The van der Waals surface area contributed by atoms with E-state index < -0.39 is 0 Å². The van der Waals surface area contributed by atoms with Crippen LogP contribution in [0, 0.1) is 20.8 Å². The van der Waals surface area contributed by atoms with Crippen molar-refractivity contribution in [2.24, 2.45) is 0 Å². The summed E-state index contributed by atoms with van der Waals surface area (Å²) in [4.78, 5) is 25.3. The monoisotopic (exact) mass is 244 g/mol. The first-order valence-electron chi connectivity index (χ1n) is 5.83. The zero-order valence-electron chi connectivity index (χ0n) is 10.8. The molecule has 0 saturated carbocycles. The van der Waals surface area contributed by atoms with Crippen LogP contribution in [0.25, 0.3) is 0 Å². The highest BCUT2D eigenvalue weighted by atomic mass is 16.2. The maximum absolute atomic E-state index is 11.7. The van der Waals surface area contributed by atoms with Gasteiger partial charge in [-0.1, -0.05) is 29.3 Å². The van der Waals surface area contributed by atoms with Crippen molar-refractivity contribution < 1.29 is 0 Å². The molecule has 0 aliphatic heterocycles. The van der Waals surface area contributed by atoms with E-state index in [1.807, 2.05) is 26.0 Å². The van der Waals surface area contributed by atoms with E-state index in [1.54, 1.807) is 13.1 Å². The zero-order valence-corrected chi connectivity index (χ0v) is 10.8. The van der Waals surface area contributed by atoms with Crippen molar-refractivity contribution in [2.75, 3.05) is 0 Å². The maximum atomic E-state index is 11.7. The molecule has 94 valence electrons. The van der Waals surface area contributed by atoms with Crippen LogP contribution in [0.1, 0.15) is 22.3 Å². The molecule has 2 rings (SSSR count). The summed E-state index contributed by atoms with van der Waals surface area (Å²) in [5.41, 5.74) is 3.24. The molecule has 0 bridgehead atoms. The molecule has 4 heteroatoms. The second-order valence-corrected chi connectivity index (χ2v) is 4.70. The van der Waals surface area contributed by atoms with E-state index >= 15 is 0 Å². The van der Waals surface area contributed by atoms with Crippen molar-refractivity contribution in [3.63, 3.8) is 0 Å². The molecule has 2 aromatic rings. The SMILES string of the molecule is Cc1cc(C)cc(Cn2cc(C)c(=O)[nH]c2=O)c1. The van der Waals surface area contributed by atoms with E-state index in [0.717, 1.165) is 5.56 Å². The number of nitrogens with one attached hydrogen (secondary N) is 1. The standard InChI is InChI=1S/C14H16N2O2/c1-9-4-10(2)6-12(5-9)8-16-7-11(3)13(17)15-14(16)18/h4-7H,8H2,1-3H3,(H,15,17,18). The van der Waals surface area contributed by atoms with Gasteiger partial charge in [0.1, 0.15) is 0 Å². The first-order chi connectivity index (χ1) is 8.45. The number of rotatable bonds is 2.